The highest BCUT2D eigenvalue weighted by atomic mass is 16.5. The van der Waals surface area contributed by atoms with Gasteiger partial charge >= 0.3 is 0 Å². The SMILES string of the molecule is Cc1cccc(C2CCC(C=O)O2)c1C. The Morgan fingerprint density at radius 3 is 2.80 bits per heavy atom. The van der Waals surface area contributed by atoms with E-state index >= 15 is 0 Å². The average molecular weight is 204 g/mol. The van der Waals surface area contributed by atoms with E-state index in [1.54, 1.807) is 0 Å². The predicted octanol–water partition coefficient (Wildman–Crippen LogP) is 2.72. The van der Waals surface area contributed by atoms with E-state index in [1.807, 2.05) is 0 Å². The Bertz CT molecular complexity index is 371. The summed E-state index contributed by atoms with van der Waals surface area (Å²) in [6.45, 7) is 4.22. The van der Waals surface area contributed by atoms with Crippen molar-refractivity contribution in [3.8, 4) is 0 Å². The van der Waals surface area contributed by atoms with Crippen molar-refractivity contribution >= 4 is 6.29 Å². The molecule has 80 valence electrons. The second kappa shape index (κ2) is 4.15. The van der Waals surface area contributed by atoms with Gasteiger partial charge in [0, 0.05) is 0 Å². The molecule has 1 aromatic carbocycles. The van der Waals surface area contributed by atoms with Crippen LogP contribution in [-0.2, 0) is 9.53 Å². The highest BCUT2D eigenvalue weighted by Crippen LogP contribution is 2.34. The van der Waals surface area contributed by atoms with E-state index in [0.29, 0.717) is 0 Å². The minimum absolute atomic E-state index is 0.111. The molecule has 0 saturated carbocycles. The Kier molecular flexibility index (Phi) is 2.87. The number of ether oxygens (including phenoxy) is 1. The molecule has 1 aromatic rings. The number of aldehydes is 1. The Hall–Kier alpha value is -1.15. The van der Waals surface area contributed by atoms with Gasteiger partial charge in [0.05, 0.1) is 6.10 Å². The fourth-order valence-electron chi connectivity index (χ4n) is 2.11. The molecule has 0 N–H and O–H groups in total. The molecular formula is C13H16O2. The van der Waals surface area contributed by atoms with Crippen LogP contribution in [0.1, 0.15) is 35.6 Å². The van der Waals surface area contributed by atoms with Crippen molar-refractivity contribution in [1.82, 2.24) is 0 Å². The van der Waals surface area contributed by atoms with Gasteiger partial charge in [0.15, 0.2) is 0 Å². The van der Waals surface area contributed by atoms with Crippen LogP contribution < -0.4 is 0 Å². The molecule has 15 heavy (non-hydrogen) atoms. The lowest BCUT2D eigenvalue weighted by Crippen LogP contribution is -2.08. The van der Waals surface area contributed by atoms with E-state index in [1.165, 1.54) is 16.7 Å². The number of hydrogen-bond donors (Lipinski definition) is 0. The summed E-state index contributed by atoms with van der Waals surface area (Å²) in [6.07, 6.45) is 2.62. The molecule has 2 rings (SSSR count). The number of hydrogen-bond acceptors (Lipinski definition) is 2. The summed E-state index contributed by atoms with van der Waals surface area (Å²) >= 11 is 0. The van der Waals surface area contributed by atoms with Gasteiger partial charge in [-0.2, -0.15) is 0 Å². The molecular weight excluding hydrogens is 188 g/mol. The lowest BCUT2D eigenvalue weighted by atomic mass is 9.97. The second-order valence-electron chi connectivity index (χ2n) is 4.17. The lowest BCUT2D eigenvalue weighted by molar-refractivity contribution is -0.117. The van der Waals surface area contributed by atoms with Crippen LogP contribution in [-0.4, -0.2) is 12.4 Å². The van der Waals surface area contributed by atoms with E-state index in [9.17, 15) is 4.79 Å². The molecule has 0 spiro atoms. The van der Waals surface area contributed by atoms with Gasteiger partial charge in [0.2, 0.25) is 0 Å². The first-order valence-electron chi connectivity index (χ1n) is 5.39. The predicted molar refractivity (Wildman–Crippen MR) is 58.8 cm³/mol. The quantitative estimate of drug-likeness (QED) is 0.692. The molecule has 0 aliphatic carbocycles. The minimum Gasteiger partial charge on any atom is -0.363 e. The van der Waals surface area contributed by atoms with Gasteiger partial charge in [-0.05, 0) is 43.4 Å². The van der Waals surface area contributed by atoms with E-state index in [2.05, 4.69) is 32.0 Å². The molecule has 2 atom stereocenters. The average Bonchev–Trinajstić information content (AvgIpc) is 2.70. The van der Waals surface area contributed by atoms with Gasteiger partial charge in [0.25, 0.3) is 0 Å². The monoisotopic (exact) mass is 204 g/mol. The van der Waals surface area contributed by atoms with Crippen LogP contribution in [0.25, 0.3) is 0 Å². The lowest BCUT2D eigenvalue weighted by Gasteiger charge is -2.15. The van der Waals surface area contributed by atoms with Crippen LogP contribution in [0.4, 0.5) is 0 Å². The summed E-state index contributed by atoms with van der Waals surface area (Å²) in [5, 5.41) is 0. The molecule has 0 radical (unpaired) electrons. The zero-order chi connectivity index (χ0) is 10.8. The van der Waals surface area contributed by atoms with E-state index in [-0.39, 0.29) is 12.2 Å². The van der Waals surface area contributed by atoms with Crippen LogP contribution >= 0.6 is 0 Å². The van der Waals surface area contributed by atoms with Crippen LogP contribution in [0.3, 0.4) is 0 Å². The Morgan fingerprint density at radius 2 is 2.13 bits per heavy atom. The number of rotatable bonds is 2. The largest absolute Gasteiger partial charge is 0.363 e. The van der Waals surface area contributed by atoms with Crippen molar-refractivity contribution in [2.45, 2.75) is 38.9 Å². The third kappa shape index (κ3) is 1.95. The standard InChI is InChI=1S/C13H16O2/c1-9-4-3-5-12(10(9)2)13-7-6-11(8-14)15-13/h3-5,8,11,13H,6-7H2,1-2H3. The molecule has 1 heterocycles. The molecule has 1 saturated heterocycles. The maximum atomic E-state index is 10.6. The van der Waals surface area contributed by atoms with Gasteiger partial charge in [0.1, 0.15) is 12.4 Å². The van der Waals surface area contributed by atoms with Crippen LogP contribution in [0, 0.1) is 13.8 Å². The van der Waals surface area contributed by atoms with Gasteiger partial charge in [-0.1, -0.05) is 18.2 Å². The summed E-state index contributed by atoms with van der Waals surface area (Å²) in [6, 6.07) is 6.25. The molecule has 0 amide bonds. The number of aryl methyl sites for hydroxylation is 1. The topological polar surface area (TPSA) is 26.3 Å². The molecule has 2 unspecified atom stereocenters. The Balaban J connectivity index is 2.24. The van der Waals surface area contributed by atoms with Crippen molar-refractivity contribution in [3.05, 3.63) is 34.9 Å². The van der Waals surface area contributed by atoms with Crippen molar-refractivity contribution in [2.24, 2.45) is 0 Å². The van der Waals surface area contributed by atoms with Crippen molar-refractivity contribution in [2.75, 3.05) is 0 Å². The summed E-state index contributed by atoms with van der Waals surface area (Å²) in [4.78, 5) is 10.6. The first-order valence-corrected chi connectivity index (χ1v) is 5.39. The summed E-state index contributed by atoms with van der Waals surface area (Å²) in [7, 11) is 0. The van der Waals surface area contributed by atoms with Gasteiger partial charge in [-0.15, -0.1) is 0 Å². The first-order chi connectivity index (χ1) is 7.22. The van der Waals surface area contributed by atoms with Crippen LogP contribution in [0.5, 0.6) is 0 Å². The summed E-state index contributed by atoms with van der Waals surface area (Å²) in [5.41, 5.74) is 3.80. The highest BCUT2D eigenvalue weighted by molar-refractivity contribution is 5.56. The maximum absolute atomic E-state index is 10.6. The summed E-state index contributed by atoms with van der Waals surface area (Å²) in [5.74, 6) is 0. The third-order valence-electron chi connectivity index (χ3n) is 3.20. The minimum atomic E-state index is -0.199. The van der Waals surface area contributed by atoms with Crippen LogP contribution in [0.2, 0.25) is 0 Å². The normalized spacial score (nSPS) is 25.5. The fraction of sp³-hybridized carbons (Fsp3) is 0.462. The van der Waals surface area contributed by atoms with Crippen molar-refractivity contribution in [3.63, 3.8) is 0 Å². The maximum Gasteiger partial charge on any atom is 0.148 e. The molecule has 0 bridgehead atoms. The molecule has 1 aliphatic heterocycles. The Morgan fingerprint density at radius 1 is 1.33 bits per heavy atom. The zero-order valence-corrected chi connectivity index (χ0v) is 9.19. The molecule has 1 aliphatic rings. The molecule has 0 aromatic heterocycles. The molecule has 1 fully saturated rings. The Labute approximate surface area is 90.3 Å². The number of carbonyl (C=O) groups is 1. The third-order valence-corrected chi connectivity index (χ3v) is 3.20. The molecule has 2 heteroatoms. The fourth-order valence-corrected chi connectivity index (χ4v) is 2.11. The van der Waals surface area contributed by atoms with E-state index in [0.717, 1.165) is 19.1 Å². The number of carbonyl (C=O) groups excluding carboxylic acids is 1. The number of benzene rings is 1. The highest BCUT2D eigenvalue weighted by Gasteiger charge is 2.26. The van der Waals surface area contributed by atoms with Gasteiger partial charge in [-0.3, -0.25) is 0 Å². The molecule has 2 nitrogen and oxygen atoms in total. The second-order valence-corrected chi connectivity index (χ2v) is 4.17. The van der Waals surface area contributed by atoms with Crippen LogP contribution in [0.15, 0.2) is 18.2 Å². The summed E-state index contributed by atoms with van der Waals surface area (Å²) < 4.78 is 5.66. The first kappa shape index (κ1) is 10.4. The smallest absolute Gasteiger partial charge is 0.148 e. The van der Waals surface area contributed by atoms with Gasteiger partial charge < -0.3 is 9.53 Å². The van der Waals surface area contributed by atoms with E-state index < -0.39 is 0 Å². The van der Waals surface area contributed by atoms with Gasteiger partial charge in [-0.25, -0.2) is 0 Å². The van der Waals surface area contributed by atoms with E-state index in [4.69, 9.17) is 4.74 Å². The zero-order valence-electron chi connectivity index (χ0n) is 9.19. The van der Waals surface area contributed by atoms with Crippen molar-refractivity contribution < 1.29 is 9.53 Å². The van der Waals surface area contributed by atoms with Crippen molar-refractivity contribution in [1.29, 1.82) is 0 Å².